The number of hydrogen-bond donors (Lipinski definition) is 2. The van der Waals surface area contributed by atoms with E-state index < -0.39 is 0 Å². The lowest BCUT2D eigenvalue weighted by Crippen LogP contribution is -2.47. The Hall–Kier alpha value is 0.620. The molecule has 0 aromatic heterocycles. The fraction of sp³-hybridized carbons (Fsp3) is 1.00. The third kappa shape index (κ3) is 4.86. The molecule has 0 bridgehead atoms. The van der Waals surface area contributed by atoms with Gasteiger partial charge in [0.1, 0.15) is 0 Å². The van der Waals surface area contributed by atoms with Crippen molar-refractivity contribution in [2.45, 2.75) is 57.1 Å². The summed E-state index contributed by atoms with van der Waals surface area (Å²) in [5.41, 5.74) is 3.45. The molecule has 1 fully saturated rings. The highest BCUT2D eigenvalue weighted by Gasteiger charge is 2.30. The molecule has 0 aliphatic carbocycles. The SMILES string of the molecule is CC1SCCSC1C(CCC(C)(C)C)NN. The summed E-state index contributed by atoms with van der Waals surface area (Å²) in [6, 6.07) is 0.465. The molecule has 0 saturated carbocycles. The van der Waals surface area contributed by atoms with Crippen LogP contribution in [0.25, 0.3) is 0 Å². The molecule has 1 saturated heterocycles. The van der Waals surface area contributed by atoms with Crippen molar-refractivity contribution in [3.8, 4) is 0 Å². The molecule has 3 atom stereocenters. The zero-order chi connectivity index (χ0) is 12.2. The molecule has 0 radical (unpaired) electrons. The number of nitrogens with two attached hydrogens (primary N) is 1. The highest BCUT2D eigenvalue weighted by molar-refractivity contribution is 8.07. The lowest BCUT2D eigenvalue weighted by Gasteiger charge is -2.35. The first-order valence-electron chi connectivity index (χ1n) is 6.13. The van der Waals surface area contributed by atoms with Crippen LogP contribution in [0.15, 0.2) is 0 Å². The third-order valence-corrected chi connectivity index (χ3v) is 6.30. The maximum Gasteiger partial charge on any atom is 0.0340 e. The van der Waals surface area contributed by atoms with Gasteiger partial charge in [-0.2, -0.15) is 23.5 Å². The predicted molar refractivity (Wildman–Crippen MR) is 78.0 cm³/mol. The lowest BCUT2D eigenvalue weighted by molar-refractivity contribution is 0.327. The summed E-state index contributed by atoms with van der Waals surface area (Å²) in [7, 11) is 0. The molecular weight excluding hydrogens is 236 g/mol. The second-order valence-corrected chi connectivity index (χ2v) is 8.55. The van der Waals surface area contributed by atoms with Crippen LogP contribution in [0.3, 0.4) is 0 Å². The summed E-state index contributed by atoms with van der Waals surface area (Å²) in [5.74, 6) is 8.28. The highest BCUT2D eigenvalue weighted by Crippen LogP contribution is 2.35. The number of hydrogen-bond acceptors (Lipinski definition) is 4. The van der Waals surface area contributed by atoms with E-state index in [1.807, 2.05) is 0 Å². The molecule has 3 N–H and O–H groups in total. The van der Waals surface area contributed by atoms with Crippen molar-refractivity contribution in [3.05, 3.63) is 0 Å². The van der Waals surface area contributed by atoms with E-state index in [1.54, 1.807) is 0 Å². The zero-order valence-electron chi connectivity index (χ0n) is 11.0. The molecule has 0 amide bonds. The van der Waals surface area contributed by atoms with Gasteiger partial charge in [-0.15, -0.1) is 0 Å². The Bertz CT molecular complexity index is 204. The van der Waals surface area contributed by atoms with Gasteiger partial charge in [-0.1, -0.05) is 27.7 Å². The zero-order valence-corrected chi connectivity index (χ0v) is 12.6. The van der Waals surface area contributed by atoms with Gasteiger partial charge in [-0.25, -0.2) is 0 Å². The largest absolute Gasteiger partial charge is 0.271 e. The van der Waals surface area contributed by atoms with Crippen molar-refractivity contribution in [2.75, 3.05) is 11.5 Å². The summed E-state index contributed by atoms with van der Waals surface area (Å²) in [6.07, 6.45) is 2.42. The van der Waals surface area contributed by atoms with Gasteiger partial charge in [0, 0.05) is 28.0 Å². The van der Waals surface area contributed by atoms with Gasteiger partial charge < -0.3 is 0 Å². The molecule has 16 heavy (non-hydrogen) atoms. The minimum atomic E-state index is 0.408. The molecule has 1 aliphatic rings. The topological polar surface area (TPSA) is 38.0 Å². The van der Waals surface area contributed by atoms with Crippen LogP contribution in [0.5, 0.6) is 0 Å². The van der Waals surface area contributed by atoms with Crippen LogP contribution in [0, 0.1) is 5.41 Å². The van der Waals surface area contributed by atoms with Gasteiger partial charge in [-0.3, -0.25) is 11.3 Å². The summed E-state index contributed by atoms with van der Waals surface area (Å²) in [4.78, 5) is 0. The minimum Gasteiger partial charge on any atom is -0.271 e. The Kier molecular flexibility index (Phi) is 5.99. The van der Waals surface area contributed by atoms with Crippen LogP contribution in [0.4, 0.5) is 0 Å². The molecule has 3 unspecified atom stereocenters. The molecule has 2 nitrogen and oxygen atoms in total. The van der Waals surface area contributed by atoms with E-state index in [2.05, 4.69) is 56.6 Å². The van der Waals surface area contributed by atoms with Crippen LogP contribution >= 0.6 is 23.5 Å². The van der Waals surface area contributed by atoms with Crippen molar-refractivity contribution < 1.29 is 0 Å². The van der Waals surface area contributed by atoms with Crippen molar-refractivity contribution in [2.24, 2.45) is 11.3 Å². The van der Waals surface area contributed by atoms with E-state index in [4.69, 9.17) is 5.84 Å². The van der Waals surface area contributed by atoms with Gasteiger partial charge in [0.15, 0.2) is 0 Å². The smallest absolute Gasteiger partial charge is 0.0340 e. The monoisotopic (exact) mass is 262 g/mol. The maximum atomic E-state index is 5.72. The van der Waals surface area contributed by atoms with Gasteiger partial charge in [0.05, 0.1) is 0 Å². The summed E-state index contributed by atoms with van der Waals surface area (Å²) < 4.78 is 0. The average molecular weight is 262 g/mol. The van der Waals surface area contributed by atoms with Gasteiger partial charge in [-0.05, 0) is 18.3 Å². The fourth-order valence-electron chi connectivity index (χ4n) is 2.02. The lowest BCUT2D eigenvalue weighted by atomic mass is 9.88. The van der Waals surface area contributed by atoms with E-state index in [0.717, 1.165) is 5.25 Å². The van der Waals surface area contributed by atoms with Crippen molar-refractivity contribution in [1.82, 2.24) is 5.43 Å². The summed E-state index contributed by atoms with van der Waals surface area (Å²) in [6.45, 7) is 9.23. The van der Waals surface area contributed by atoms with Gasteiger partial charge in [0.25, 0.3) is 0 Å². The Balaban J connectivity index is 2.45. The van der Waals surface area contributed by atoms with Crippen molar-refractivity contribution in [3.63, 3.8) is 0 Å². The van der Waals surface area contributed by atoms with E-state index >= 15 is 0 Å². The quantitative estimate of drug-likeness (QED) is 0.603. The van der Waals surface area contributed by atoms with Crippen LogP contribution in [0.1, 0.15) is 40.5 Å². The average Bonchev–Trinajstić information content (AvgIpc) is 2.20. The Labute approximate surface area is 109 Å². The molecule has 0 aromatic carbocycles. The molecule has 1 aliphatic heterocycles. The third-order valence-electron chi connectivity index (χ3n) is 3.05. The first-order chi connectivity index (χ1) is 7.44. The van der Waals surface area contributed by atoms with E-state index in [1.165, 1.54) is 24.3 Å². The van der Waals surface area contributed by atoms with E-state index in [0.29, 0.717) is 16.7 Å². The molecule has 96 valence electrons. The molecule has 0 spiro atoms. The summed E-state index contributed by atoms with van der Waals surface area (Å²) in [5, 5.41) is 1.39. The van der Waals surface area contributed by atoms with E-state index in [-0.39, 0.29) is 0 Å². The Morgan fingerprint density at radius 2 is 1.94 bits per heavy atom. The first-order valence-corrected chi connectivity index (χ1v) is 8.23. The van der Waals surface area contributed by atoms with Crippen LogP contribution in [0.2, 0.25) is 0 Å². The molecule has 1 rings (SSSR count). The van der Waals surface area contributed by atoms with Crippen molar-refractivity contribution in [1.29, 1.82) is 0 Å². The van der Waals surface area contributed by atoms with Crippen LogP contribution < -0.4 is 11.3 Å². The molecule has 0 aromatic rings. The maximum absolute atomic E-state index is 5.72. The number of thioether (sulfide) groups is 2. The standard InChI is InChI=1S/C12H26N2S2/c1-9-11(16-8-7-15-9)10(14-13)5-6-12(2,3)4/h9-11,14H,5-8,13H2,1-4H3. The van der Waals surface area contributed by atoms with Crippen LogP contribution in [-0.2, 0) is 0 Å². The van der Waals surface area contributed by atoms with Gasteiger partial charge in [0.2, 0.25) is 0 Å². The second-order valence-electron chi connectivity index (χ2n) is 5.78. The highest BCUT2D eigenvalue weighted by atomic mass is 32.2. The Morgan fingerprint density at radius 3 is 2.44 bits per heavy atom. The van der Waals surface area contributed by atoms with Crippen LogP contribution in [-0.4, -0.2) is 28.0 Å². The normalized spacial score (nSPS) is 29.1. The second kappa shape index (κ2) is 6.53. The van der Waals surface area contributed by atoms with Gasteiger partial charge >= 0.3 is 0 Å². The Morgan fingerprint density at radius 1 is 1.31 bits per heavy atom. The summed E-state index contributed by atoms with van der Waals surface area (Å²) >= 11 is 4.18. The molecular formula is C12H26N2S2. The molecule has 4 heteroatoms. The number of nitrogens with one attached hydrogen (secondary N) is 1. The predicted octanol–water partition coefficient (Wildman–Crippen LogP) is 2.88. The first kappa shape index (κ1) is 14.7. The fourth-order valence-corrected chi connectivity index (χ4v) is 5.01. The molecule has 1 heterocycles. The van der Waals surface area contributed by atoms with E-state index in [9.17, 15) is 0 Å². The number of hydrazine groups is 1. The van der Waals surface area contributed by atoms with Crippen molar-refractivity contribution >= 4 is 23.5 Å². The number of rotatable bonds is 4. The minimum absolute atomic E-state index is 0.408.